The molecule has 1 heterocycles. The van der Waals surface area contributed by atoms with Crippen molar-refractivity contribution in [2.45, 2.75) is 6.54 Å². The van der Waals surface area contributed by atoms with Crippen molar-refractivity contribution >= 4 is 17.5 Å². The zero-order chi connectivity index (χ0) is 13.7. The number of carbonyl (C=O) groups is 1. The zero-order valence-corrected chi connectivity index (χ0v) is 10.7. The molecule has 4 nitrogen and oxygen atoms in total. The normalized spacial score (nSPS) is 9.68. The Hall–Kier alpha value is -2.38. The minimum atomic E-state index is -0.291. The van der Waals surface area contributed by atoms with Crippen LogP contribution in [0.5, 0.6) is 0 Å². The van der Waals surface area contributed by atoms with Gasteiger partial charge in [0, 0.05) is 18.9 Å². The molecule has 0 atom stereocenters. The molecule has 0 aliphatic heterocycles. The van der Waals surface area contributed by atoms with Gasteiger partial charge in [0.2, 0.25) is 0 Å². The van der Waals surface area contributed by atoms with Crippen LogP contribution in [0, 0.1) is 11.3 Å². The zero-order valence-electron chi connectivity index (χ0n) is 9.93. The molecule has 0 spiro atoms. The Morgan fingerprint density at radius 2 is 2.26 bits per heavy atom. The molecule has 19 heavy (non-hydrogen) atoms. The number of pyridine rings is 1. The molecule has 1 aromatic carbocycles. The summed E-state index contributed by atoms with van der Waals surface area (Å²) in [5.41, 5.74) is 1.75. The van der Waals surface area contributed by atoms with E-state index >= 15 is 0 Å². The van der Waals surface area contributed by atoms with Gasteiger partial charge in [-0.2, -0.15) is 5.26 Å². The van der Waals surface area contributed by atoms with Gasteiger partial charge in [-0.25, -0.2) is 0 Å². The lowest BCUT2D eigenvalue weighted by molar-refractivity contribution is 0.0950. The van der Waals surface area contributed by atoms with Crippen LogP contribution in [0.4, 0.5) is 0 Å². The van der Waals surface area contributed by atoms with Gasteiger partial charge in [-0.15, -0.1) is 0 Å². The van der Waals surface area contributed by atoms with Crippen molar-refractivity contribution in [1.82, 2.24) is 10.3 Å². The quantitative estimate of drug-likeness (QED) is 0.933. The second-order valence-corrected chi connectivity index (χ2v) is 4.26. The van der Waals surface area contributed by atoms with Crippen molar-refractivity contribution < 1.29 is 4.79 Å². The average Bonchev–Trinajstić information content (AvgIpc) is 2.45. The second kappa shape index (κ2) is 5.98. The first-order valence-corrected chi connectivity index (χ1v) is 5.95. The van der Waals surface area contributed by atoms with Crippen molar-refractivity contribution in [1.29, 1.82) is 5.26 Å². The standard InChI is InChI=1S/C14H10ClN3O/c15-13-4-5-17-9-12(13)14(19)18-8-11-3-1-2-10(6-11)7-16/h1-6,9H,8H2,(H,18,19). The Balaban J connectivity index is 2.05. The molecule has 0 aliphatic rings. The van der Waals surface area contributed by atoms with Crippen molar-refractivity contribution in [2.24, 2.45) is 0 Å². The fraction of sp³-hybridized carbons (Fsp3) is 0.0714. The number of carbonyl (C=O) groups excluding carboxylic acids is 1. The molecule has 2 rings (SSSR count). The van der Waals surface area contributed by atoms with E-state index in [4.69, 9.17) is 16.9 Å². The van der Waals surface area contributed by atoms with Crippen LogP contribution in [-0.2, 0) is 6.54 Å². The molecule has 2 aromatic rings. The number of halogens is 1. The van der Waals surface area contributed by atoms with Crippen molar-refractivity contribution in [3.05, 3.63) is 64.4 Å². The summed E-state index contributed by atoms with van der Waals surface area (Å²) in [6.07, 6.45) is 2.94. The van der Waals surface area contributed by atoms with Crippen LogP contribution >= 0.6 is 11.6 Å². The molecule has 1 N–H and O–H groups in total. The Morgan fingerprint density at radius 3 is 3.00 bits per heavy atom. The third kappa shape index (κ3) is 3.30. The smallest absolute Gasteiger partial charge is 0.254 e. The fourth-order valence-electron chi connectivity index (χ4n) is 1.57. The fourth-order valence-corrected chi connectivity index (χ4v) is 1.76. The molecule has 1 amide bonds. The Kier molecular flexibility index (Phi) is 4.11. The van der Waals surface area contributed by atoms with E-state index in [1.54, 1.807) is 24.3 Å². The summed E-state index contributed by atoms with van der Waals surface area (Å²) in [6, 6.07) is 10.7. The second-order valence-electron chi connectivity index (χ2n) is 3.85. The minimum absolute atomic E-state index is 0.291. The van der Waals surface area contributed by atoms with Crippen LogP contribution in [-0.4, -0.2) is 10.9 Å². The van der Waals surface area contributed by atoms with Crippen LogP contribution in [0.2, 0.25) is 5.02 Å². The van der Waals surface area contributed by atoms with Gasteiger partial charge in [-0.05, 0) is 23.8 Å². The molecule has 0 radical (unpaired) electrons. The lowest BCUT2D eigenvalue weighted by atomic mass is 10.1. The van der Waals surface area contributed by atoms with Crippen molar-refractivity contribution in [2.75, 3.05) is 0 Å². The van der Waals surface area contributed by atoms with Crippen LogP contribution in [0.3, 0.4) is 0 Å². The van der Waals surface area contributed by atoms with Crippen LogP contribution in [0.15, 0.2) is 42.7 Å². The number of aromatic nitrogens is 1. The number of rotatable bonds is 3. The number of benzene rings is 1. The molecule has 0 fully saturated rings. The summed E-state index contributed by atoms with van der Waals surface area (Å²) in [5.74, 6) is -0.291. The number of amides is 1. The molecular weight excluding hydrogens is 262 g/mol. The Morgan fingerprint density at radius 1 is 1.42 bits per heavy atom. The van der Waals surface area contributed by atoms with Gasteiger partial charge in [-0.1, -0.05) is 23.7 Å². The predicted octanol–water partition coefficient (Wildman–Crippen LogP) is 2.54. The summed E-state index contributed by atoms with van der Waals surface area (Å²) in [4.78, 5) is 15.8. The molecule has 94 valence electrons. The molecule has 0 saturated carbocycles. The predicted molar refractivity (Wildman–Crippen MR) is 71.6 cm³/mol. The molecule has 0 aliphatic carbocycles. The molecule has 0 saturated heterocycles. The van der Waals surface area contributed by atoms with Gasteiger partial charge in [0.1, 0.15) is 0 Å². The van der Waals surface area contributed by atoms with E-state index in [0.717, 1.165) is 5.56 Å². The number of hydrogen-bond donors (Lipinski definition) is 1. The highest BCUT2D eigenvalue weighted by Gasteiger charge is 2.09. The first-order chi connectivity index (χ1) is 9.20. The van der Waals surface area contributed by atoms with E-state index in [-0.39, 0.29) is 5.91 Å². The third-order valence-electron chi connectivity index (χ3n) is 2.52. The third-order valence-corrected chi connectivity index (χ3v) is 2.85. The highest BCUT2D eigenvalue weighted by atomic mass is 35.5. The number of hydrogen-bond acceptors (Lipinski definition) is 3. The maximum Gasteiger partial charge on any atom is 0.254 e. The van der Waals surface area contributed by atoms with Crippen LogP contribution in [0.1, 0.15) is 21.5 Å². The van der Waals surface area contributed by atoms with E-state index in [0.29, 0.717) is 22.7 Å². The molecule has 5 heteroatoms. The highest BCUT2D eigenvalue weighted by Crippen LogP contribution is 2.13. The van der Waals surface area contributed by atoms with Gasteiger partial charge in [0.05, 0.1) is 22.2 Å². The van der Waals surface area contributed by atoms with Gasteiger partial charge in [0.25, 0.3) is 5.91 Å². The summed E-state index contributed by atoms with van der Waals surface area (Å²) in [7, 11) is 0. The SMILES string of the molecule is N#Cc1cccc(CNC(=O)c2cnccc2Cl)c1. The van der Waals surface area contributed by atoms with Crippen molar-refractivity contribution in [3.8, 4) is 6.07 Å². The lowest BCUT2D eigenvalue weighted by Crippen LogP contribution is -2.23. The van der Waals surface area contributed by atoms with Crippen molar-refractivity contribution in [3.63, 3.8) is 0 Å². The van der Waals surface area contributed by atoms with E-state index < -0.39 is 0 Å². The van der Waals surface area contributed by atoms with Gasteiger partial charge >= 0.3 is 0 Å². The topological polar surface area (TPSA) is 65.8 Å². The largest absolute Gasteiger partial charge is 0.348 e. The summed E-state index contributed by atoms with van der Waals surface area (Å²) < 4.78 is 0. The number of nitrogens with zero attached hydrogens (tertiary/aromatic N) is 2. The highest BCUT2D eigenvalue weighted by molar-refractivity contribution is 6.33. The summed E-state index contributed by atoms with van der Waals surface area (Å²) >= 11 is 5.90. The Bertz CT molecular complexity index is 649. The van der Waals surface area contributed by atoms with E-state index in [9.17, 15) is 4.79 Å². The monoisotopic (exact) mass is 271 g/mol. The maximum absolute atomic E-state index is 11.9. The minimum Gasteiger partial charge on any atom is -0.348 e. The van der Waals surface area contributed by atoms with E-state index in [2.05, 4.69) is 16.4 Å². The maximum atomic E-state index is 11.9. The first kappa shape index (κ1) is 13.1. The summed E-state index contributed by atoms with van der Waals surface area (Å²) in [5, 5.41) is 11.9. The first-order valence-electron chi connectivity index (χ1n) is 5.57. The van der Waals surface area contributed by atoms with Gasteiger partial charge in [-0.3, -0.25) is 9.78 Å². The van der Waals surface area contributed by atoms with Gasteiger partial charge in [0.15, 0.2) is 0 Å². The summed E-state index contributed by atoms with van der Waals surface area (Å²) in [6.45, 7) is 0.333. The van der Waals surface area contributed by atoms with E-state index in [1.165, 1.54) is 12.4 Å². The molecular formula is C14H10ClN3O. The number of nitriles is 1. The Labute approximate surface area is 115 Å². The average molecular weight is 272 g/mol. The van der Waals surface area contributed by atoms with E-state index in [1.807, 2.05) is 6.07 Å². The van der Waals surface area contributed by atoms with Crippen LogP contribution in [0.25, 0.3) is 0 Å². The molecule has 0 unspecified atom stereocenters. The lowest BCUT2D eigenvalue weighted by Gasteiger charge is -2.06. The van der Waals surface area contributed by atoms with Crippen LogP contribution < -0.4 is 5.32 Å². The number of nitrogens with one attached hydrogen (secondary N) is 1. The molecule has 0 bridgehead atoms. The molecule has 1 aromatic heterocycles. The van der Waals surface area contributed by atoms with Gasteiger partial charge < -0.3 is 5.32 Å².